The molecule has 0 aliphatic heterocycles. The fourth-order valence-electron chi connectivity index (χ4n) is 0.932. The molecule has 0 heterocycles. The van der Waals surface area contributed by atoms with E-state index < -0.39 is 0 Å². The van der Waals surface area contributed by atoms with Crippen LogP contribution in [0.15, 0.2) is 22.7 Å². The minimum Gasteiger partial charge on any atom is -0.206 e. The second-order valence-corrected chi connectivity index (χ2v) is 3.11. The highest BCUT2D eigenvalue weighted by atomic mass is 79.9. The summed E-state index contributed by atoms with van der Waals surface area (Å²) in [6, 6.07) is 5.06. The molecule has 0 nitrogen and oxygen atoms in total. The number of aryl methyl sites for hydroxylation is 1. The Morgan fingerprint density at radius 2 is 2.18 bits per heavy atom. The summed E-state index contributed by atoms with van der Waals surface area (Å²) in [5, 5.41) is 0. The van der Waals surface area contributed by atoms with Crippen LogP contribution < -0.4 is 0 Å². The molecule has 0 unspecified atom stereocenters. The van der Waals surface area contributed by atoms with E-state index in [2.05, 4.69) is 22.9 Å². The monoisotopic (exact) mass is 215 g/mol. The lowest BCUT2D eigenvalue weighted by Crippen LogP contribution is -1.87. The maximum Gasteiger partial charge on any atom is 0.137 e. The predicted octanol–water partition coefficient (Wildman–Crippen LogP) is 3.35. The van der Waals surface area contributed by atoms with Crippen molar-refractivity contribution in [2.24, 2.45) is 0 Å². The summed E-state index contributed by atoms with van der Waals surface area (Å²) in [6.07, 6.45) is 1.61. The van der Waals surface area contributed by atoms with Crippen molar-refractivity contribution in [3.63, 3.8) is 0 Å². The molecule has 0 saturated carbocycles. The van der Waals surface area contributed by atoms with Crippen molar-refractivity contribution in [3.8, 4) is 0 Å². The highest BCUT2D eigenvalue weighted by Crippen LogP contribution is 2.21. The smallest absolute Gasteiger partial charge is 0.137 e. The molecule has 59 valence electrons. The van der Waals surface area contributed by atoms with Crippen LogP contribution >= 0.6 is 15.9 Å². The molecular formula is C9H9BrF. The van der Waals surface area contributed by atoms with E-state index in [4.69, 9.17) is 0 Å². The Labute approximate surface area is 74.6 Å². The van der Waals surface area contributed by atoms with Gasteiger partial charge in [-0.1, -0.05) is 19.1 Å². The molecule has 0 saturated heterocycles. The van der Waals surface area contributed by atoms with Crippen molar-refractivity contribution >= 4 is 15.9 Å². The molecule has 0 N–H and O–H groups in total. The molecule has 1 radical (unpaired) electrons. The standard InChI is InChI=1S/C9H9BrF/c1-2-4-7-5-3-6-8(11)9(7)10/h3,5-6H,1-2,4H2. The normalized spacial score (nSPS) is 10.1. The lowest BCUT2D eigenvalue weighted by atomic mass is 10.1. The van der Waals surface area contributed by atoms with Gasteiger partial charge in [-0.25, -0.2) is 4.39 Å². The Hall–Kier alpha value is -0.370. The van der Waals surface area contributed by atoms with Gasteiger partial charge in [0, 0.05) is 0 Å². The summed E-state index contributed by atoms with van der Waals surface area (Å²) < 4.78 is 13.4. The van der Waals surface area contributed by atoms with Crippen LogP contribution in [0, 0.1) is 12.7 Å². The zero-order chi connectivity index (χ0) is 8.27. The van der Waals surface area contributed by atoms with Crippen LogP contribution in [0.25, 0.3) is 0 Å². The minimum absolute atomic E-state index is 0.198. The van der Waals surface area contributed by atoms with Gasteiger partial charge in [-0.15, -0.1) is 0 Å². The largest absolute Gasteiger partial charge is 0.206 e. The van der Waals surface area contributed by atoms with Crippen molar-refractivity contribution in [2.45, 2.75) is 12.8 Å². The molecule has 1 aromatic rings. The van der Waals surface area contributed by atoms with Crippen LogP contribution in [0.2, 0.25) is 0 Å². The Morgan fingerprint density at radius 3 is 2.82 bits per heavy atom. The van der Waals surface area contributed by atoms with Gasteiger partial charge in [0.1, 0.15) is 5.82 Å². The molecule has 0 fully saturated rings. The van der Waals surface area contributed by atoms with Crippen molar-refractivity contribution in [2.75, 3.05) is 0 Å². The quantitative estimate of drug-likeness (QED) is 0.711. The number of rotatable bonds is 2. The van der Waals surface area contributed by atoms with E-state index in [1.165, 1.54) is 6.07 Å². The third-order valence-electron chi connectivity index (χ3n) is 1.48. The number of hydrogen-bond donors (Lipinski definition) is 0. The van der Waals surface area contributed by atoms with Gasteiger partial charge in [-0.05, 0) is 40.4 Å². The average molecular weight is 216 g/mol. The summed E-state index contributed by atoms with van der Waals surface area (Å²) in [4.78, 5) is 0. The Kier molecular flexibility index (Phi) is 3.06. The maximum atomic E-state index is 12.8. The highest BCUT2D eigenvalue weighted by molar-refractivity contribution is 9.10. The maximum absolute atomic E-state index is 12.8. The molecule has 0 aromatic heterocycles. The zero-order valence-corrected chi connectivity index (χ0v) is 7.70. The molecule has 1 rings (SSSR count). The average Bonchev–Trinajstić information content (AvgIpc) is 1.99. The number of hydrogen-bond acceptors (Lipinski definition) is 0. The Bertz CT molecular complexity index is 245. The van der Waals surface area contributed by atoms with E-state index in [0.717, 1.165) is 18.4 Å². The summed E-state index contributed by atoms with van der Waals surface area (Å²) in [7, 11) is 0. The molecule has 0 amide bonds. The first-order chi connectivity index (χ1) is 5.25. The van der Waals surface area contributed by atoms with Crippen molar-refractivity contribution < 1.29 is 4.39 Å². The van der Waals surface area contributed by atoms with E-state index >= 15 is 0 Å². The van der Waals surface area contributed by atoms with Crippen LogP contribution in [0.5, 0.6) is 0 Å². The third kappa shape index (κ3) is 2.03. The van der Waals surface area contributed by atoms with Crippen molar-refractivity contribution in [3.05, 3.63) is 41.0 Å². The fourth-order valence-corrected chi connectivity index (χ4v) is 1.39. The lowest BCUT2D eigenvalue weighted by Gasteiger charge is -2.01. The van der Waals surface area contributed by atoms with E-state index in [0.29, 0.717) is 4.47 Å². The molecule has 0 bridgehead atoms. The zero-order valence-electron chi connectivity index (χ0n) is 6.11. The van der Waals surface area contributed by atoms with Gasteiger partial charge in [0.15, 0.2) is 0 Å². The van der Waals surface area contributed by atoms with Crippen LogP contribution in [0.3, 0.4) is 0 Å². The first kappa shape index (κ1) is 8.72. The molecular weight excluding hydrogens is 207 g/mol. The van der Waals surface area contributed by atoms with Gasteiger partial charge in [-0.3, -0.25) is 0 Å². The fraction of sp³-hybridized carbons (Fsp3) is 0.222. The number of benzene rings is 1. The first-order valence-corrected chi connectivity index (χ1v) is 4.27. The van der Waals surface area contributed by atoms with Gasteiger partial charge < -0.3 is 0 Å². The van der Waals surface area contributed by atoms with Gasteiger partial charge in [0.05, 0.1) is 4.47 Å². The lowest BCUT2D eigenvalue weighted by molar-refractivity contribution is 0.618. The van der Waals surface area contributed by atoms with E-state index in [9.17, 15) is 4.39 Å². The molecule has 0 spiro atoms. The van der Waals surface area contributed by atoms with Gasteiger partial charge in [0.25, 0.3) is 0 Å². The van der Waals surface area contributed by atoms with Crippen LogP contribution in [0.4, 0.5) is 4.39 Å². The first-order valence-electron chi connectivity index (χ1n) is 3.48. The van der Waals surface area contributed by atoms with E-state index in [-0.39, 0.29) is 5.82 Å². The van der Waals surface area contributed by atoms with Crippen LogP contribution in [0.1, 0.15) is 12.0 Å². The second kappa shape index (κ2) is 3.86. The van der Waals surface area contributed by atoms with E-state index in [1.807, 2.05) is 6.07 Å². The SMILES string of the molecule is [CH2]CCc1cccc(F)c1Br. The van der Waals surface area contributed by atoms with Crippen molar-refractivity contribution in [1.82, 2.24) is 0 Å². The highest BCUT2D eigenvalue weighted by Gasteiger charge is 2.02. The summed E-state index contributed by atoms with van der Waals surface area (Å²) >= 11 is 3.18. The van der Waals surface area contributed by atoms with Gasteiger partial charge in [0.2, 0.25) is 0 Å². The molecule has 0 atom stereocenters. The van der Waals surface area contributed by atoms with E-state index in [1.54, 1.807) is 6.07 Å². The van der Waals surface area contributed by atoms with Gasteiger partial charge >= 0.3 is 0 Å². The third-order valence-corrected chi connectivity index (χ3v) is 2.37. The Morgan fingerprint density at radius 1 is 1.45 bits per heavy atom. The molecule has 1 aromatic carbocycles. The summed E-state index contributed by atoms with van der Waals surface area (Å²) in [6.45, 7) is 3.71. The summed E-state index contributed by atoms with van der Waals surface area (Å²) in [5.41, 5.74) is 0.986. The number of halogens is 2. The molecule has 0 aliphatic carbocycles. The van der Waals surface area contributed by atoms with Crippen molar-refractivity contribution in [1.29, 1.82) is 0 Å². The molecule has 0 aliphatic rings. The van der Waals surface area contributed by atoms with Crippen LogP contribution in [-0.4, -0.2) is 0 Å². The Balaban J connectivity index is 2.96. The topological polar surface area (TPSA) is 0 Å². The van der Waals surface area contributed by atoms with Gasteiger partial charge in [-0.2, -0.15) is 0 Å². The second-order valence-electron chi connectivity index (χ2n) is 2.32. The minimum atomic E-state index is -0.198. The molecule has 11 heavy (non-hydrogen) atoms. The summed E-state index contributed by atoms with van der Waals surface area (Å²) in [5.74, 6) is -0.198. The predicted molar refractivity (Wildman–Crippen MR) is 47.8 cm³/mol. The van der Waals surface area contributed by atoms with Crippen LogP contribution in [-0.2, 0) is 6.42 Å². The molecule has 2 heteroatoms.